The fourth-order valence-corrected chi connectivity index (χ4v) is 4.53. The molecule has 0 saturated carbocycles. The van der Waals surface area contributed by atoms with Crippen molar-refractivity contribution in [1.29, 1.82) is 0 Å². The fraction of sp³-hybridized carbons (Fsp3) is 0.545. The van der Waals surface area contributed by atoms with Crippen molar-refractivity contribution >= 4 is 32.1 Å². The van der Waals surface area contributed by atoms with E-state index in [1.807, 2.05) is 20.8 Å². The van der Waals surface area contributed by atoms with Gasteiger partial charge in [-0.2, -0.15) is 4.31 Å². The minimum Gasteiger partial charge on any atom is -0.381 e. The Labute approximate surface area is 116 Å². The minimum absolute atomic E-state index is 0.0639. The molecule has 2 heterocycles. The van der Waals surface area contributed by atoms with E-state index < -0.39 is 10.0 Å². The van der Waals surface area contributed by atoms with Crippen LogP contribution in [0.3, 0.4) is 0 Å². The first-order valence-corrected chi connectivity index (χ1v) is 8.41. The number of thiazole rings is 1. The van der Waals surface area contributed by atoms with Crippen LogP contribution in [0.25, 0.3) is 4.96 Å². The molecule has 2 N–H and O–H groups in total. The van der Waals surface area contributed by atoms with Crippen molar-refractivity contribution in [1.82, 2.24) is 13.7 Å². The summed E-state index contributed by atoms with van der Waals surface area (Å²) < 4.78 is 28.3. The molecule has 0 spiro atoms. The first-order chi connectivity index (χ1) is 8.87. The van der Waals surface area contributed by atoms with E-state index in [-0.39, 0.29) is 16.8 Å². The fourth-order valence-electron chi connectivity index (χ4n) is 1.96. The van der Waals surface area contributed by atoms with E-state index in [2.05, 4.69) is 4.98 Å². The Bertz CT molecular complexity index is 672. The maximum atomic E-state index is 12.7. The highest BCUT2D eigenvalue weighted by molar-refractivity contribution is 7.89. The molecule has 0 aliphatic heterocycles. The standard InChI is InChI=1S/C11H18N4O2S2/c1-4-14(7-8(2)3)19(16,17)10-9(12)13-11-15(10)5-6-18-11/h5-6,8H,4,7,12H2,1-3H3. The number of hydrogen-bond donors (Lipinski definition) is 1. The molecule has 2 aromatic heterocycles. The van der Waals surface area contributed by atoms with Gasteiger partial charge in [0.15, 0.2) is 15.8 Å². The van der Waals surface area contributed by atoms with Crippen LogP contribution >= 0.6 is 11.3 Å². The van der Waals surface area contributed by atoms with E-state index in [1.165, 1.54) is 15.6 Å². The molecule has 0 amide bonds. The van der Waals surface area contributed by atoms with Crippen LogP contribution in [0, 0.1) is 5.92 Å². The number of sulfonamides is 1. The molecule has 0 radical (unpaired) electrons. The molecule has 6 nitrogen and oxygen atoms in total. The van der Waals surface area contributed by atoms with Crippen LogP contribution in [0.1, 0.15) is 20.8 Å². The van der Waals surface area contributed by atoms with Gasteiger partial charge in [0.25, 0.3) is 10.0 Å². The second-order valence-electron chi connectivity index (χ2n) is 4.71. The molecule has 19 heavy (non-hydrogen) atoms. The SMILES string of the molecule is CCN(CC(C)C)S(=O)(=O)c1c(N)nc2sccn12. The van der Waals surface area contributed by atoms with E-state index in [0.717, 1.165) is 0 Å². The third-order valence-corrected chi connectivity index (χ3v) is 5.49. The van der Waals surface area contributed by atoms with Crippen LogP contribution in [-0.2, 0) is 10.0 Å². The van der Waals surface area contributed by atoms with Gasteiger partial charge in [0.1, 0.15) is 0 Å². The molecular formula is C11H18N4O2S2. The van der Waals surface area contributed by atoms with Crippen LogP contribution in [0.4, 0.5) is 5.82 Å². The first kappa shape index (κ1) is 14.3. The smallest absolute Gasteiger partial charge is 0.262 e. The van der Waals surface area contributed by atoms with Crippen LogP contribution in [0.5, 0.6) is 0 Å². The number of aromatic nitrogens is 2. The Kier molecular flexibility index (Phi) is 3.84. The number of rotatable bonds is 5. The topological polar surface area (TPSA) is 80.7 Å². The summed E-state index contributed by atoms with van der Waals surface area (Å²) in [5, 5.41) is 1.87. The Hall–Kier alpha value is -1.12. The molecule has 0 aromatic carbocycles. The van der Waals surface area contributed by atoms with Gasteiger partial charge < -0.3 is 5.73 Å². The van der Waals surface area contributed by atoms with E-state index in [1.54, 1.807) is 16.0 Å². The number of fused-ring (bicyclic) bond motifs is 1. The molecule has 2 rings (SSSR count). The van der Waals surface area contributed by atoms with Gasteiger partial charge in [0.2, 0.25) is 0 Å². The number of imidazole rings is 1. The van der Waals surface area contributed by atoms with E-state index in [0.29, 0.717) is 18.1 Å². The van der Waals surface area contributed by atoms with Crippen LogP contribution in [0.2, 0.25) is 0 Å². The summed E-state index contributed by atoms with van der Waals surface area (Å²) in [4.78, 5) is 4.68. The van der Waals surface area contributed by atoms with Gasteiger partial charge in [0, 0.05) is 24.7 Å². The van der Waals surface area contributed by atoms with Crippen LogP contribution in [0.15, 0.2) is 16.6 Å². The van der Waals surface area contributed by atoms with Crippen molar-refractivity contribution < 1.29 is 8.42 Å². The van der Waals surface area contributed by atoms with Gasteiger partial charge in [-0.05, 0) is 5.92 Å². The molecule has 0 bridgehead atoms. The second-order valence-corrected chi connectivity index (χ2v) is 7.43. The zero-order chi connectivity index (χ0) is 14.2. The van der Waals surface area contributed by atoms with Crippen LogP contribution in [-0.4, -0.2) is 35.2 Å². The van der Waals surface area contributed by atoms with E-state index in [4.69, 9.17) is 5.73 Å². The monoisotopic (exact) mass is 302 g/mol. The Balaban J connectivity index is 2.54. The molecule has 2 aromatic rings. The highest BCUT2D eigenvalue weighted by Crippen LogP contribution is 2.26. The van der Waals surface area contributed by atoms with Crippen molar-refractivity contribution in [2.24, 2.45) is 5.92 Å². The van der Waals surface area contributed by atoms with Gasteiger partial charge in [-0.3, -0.25) is 4.40 Å². The van der Waals surface area contributed by atoms with E-state index in [9.17, 15) is 8.42 Å². The summed E-state index contributed by atoms with van der Waals surface area (Å²) >= 11 is 1.36. The normalized spacial score (nSPS) is 12.9. The van der Waals surface area contributed by atoms with Crippen molar-refractivity contribution in [2.45, 2.75) is 25.8 Å². The summed E-state index contributed by atoms with van der Waals surface area (Å²) in [6, 6.07) is 0. The first-order valence-electron chi connectivity index (χ1n) is 6.09. The maximum Gasteiger partial charge on any atom is 0.262 e. The van der Waals surface area contributed by atoms with Crippen LogP contribution < -0.4 is 5.73 Å². The molecule has 0 atom stereocenters. The van der Waals surface area contributed by atoms with Gasteiger partial charge in [-0.1, -0.05) is 20.8 Å². The molecule has 106 valence electrons. The van der Waals surface area contributed by atoms with Gasteiger partial charge in [-0.25, -0.2) is 13.4 Å². The summed E-state index contributed by atoms with van der Waals surface area (Å²) in [7, 11) is -3.61. The van der Waals surface area contributed by atoms with Crippen molar-refractivity contribution in [3.05, 3.63) is 11.6 Å². The summed E-state index contributed by atoms with van der Waals surface area (Å²) in [6.45, 7) is 6.67. The quantitative estimate of drug-likeness (QED) is 0.910. The number of anilines is 1. The second kappa shape index (κ2) is 5.10. The number of nitrogen functional groups attached to an aromatic ring is 1. The molecule has 8 heteroatoms. The Morgan fingerprint density at radius 3 is 2.79 bits per heavy atom. The molecule has 0 aliphatic rings. The van der Waals surface area contributed by atoms with Crippen molar-refractivity contribution in [3.63, 3.8) is 0 Å². The zero-order valence-corrected chi connectivity index (χ0v) is 12.8. The van der Waals surface area contributed by atoms with Gasteiger partial charge >= 0.3 is 0 Å². The molecular weight excluding hydrogens is 284 g/mol. The molecule has 0 fully saturated rings. The molecule has 0 saturated heterocycles. The summed E-state index contributed by atoms with van der Waals surface area (Å²) in [5.41, 5.74) is 5.78. The van der Waals surface area contributed by atoms with Gasteiger partial charge in [-0.15, -0.1) is 11.3 Å². The summed E-state index contributed by atoms with van der Waals surface area (Å²) in [6.07, 6.45) is 1.68. The maximum absolute atomic E-state index is 12.7. The third kappa shape index (κ3) is 2.47. The lowest BCUT2D eigenvalue weighted by Gasteiger charge is -2.21. The van der Waals surface area contributed by atoms with Crippen molar-refractivity contribution in [3.8, 4) is 0 Å². The van der Waals surface area contributed by atoms with E-state index >= 15 is 0 Å². The lowest BCUT2D eigenvalue weighted by Crippen LogP contribution is -2.35. The molecule has 0 unspecified atom stereocenters. The molecule has 0 aliphatic carbocycles. The predicted octanol–water partition coefficient (Wildman–Crippen LogP) is 1.64. The average Bonchev–Trinajstić information content (AvgIpc) is 2.84. The lowest BCUT2D eigenvalue weighted by molar-refractivity contribution is 0.379. The lowest BCUT2D eigenvalue weighted by atomic mass is 10.2. The minimum atomic E-state index is -3.61. The summed E-state index contributed by atoms with van der Waals surface area (Å²) in [5.74, 6) is 0.316. The Morgan fingerprint density at radius 2 is 2.21 bits per heavy atom. The van der Waals surface area contributed by atoms with Crippen molar-refractivity contribution in [2.75, 3.05) is 18.8 Å². The largest absolute Gasteiger partial charge is 0.381 e. The Morgan fingerprint density at radius 1 is 1.53 bits per heavy atom. The number of nitrogens with two attached hydrogens (primary N) is 1. The average molecular weight is 302 g/mol. The number of nitrogens with zero attached hydrogens (tertiary/aromatic N) is 3. The van der Waals surface area contributed by atoms with Gasteiger partial charge in [0.05, 0.1) is 0 Å². The zero-order valence-electron chi connectivity index (χ0n) is 11.2. The number of hydrogen-bond acceptors (Lipinski definition) is 5. The third-order valence-electron chi connectivity index (χ3n) is 2.75. The highest BCUT2D eigenvalue weighted by Gasteiger charge is 2.30. The predicted molar refractivity (Wildman–Crippen MR) is 76.8 cm³/mol. The highest BCUT2D eigenvalue weighted by atomic mass is 32.2.